The number of rotatable bonds is 3. The molecule has 0 bridgehead atoms. The van der Waals surface area contributed by atoms with Gasteiger partial charge in [-0.05, 0) is 45.7 Å². The molecule has 24 heavy (non-hydrogen) atoms. The third-order valence-corrected chi connectivity index (χ3v) is 4.34. The Balaban J connectivity index is 1.74. The van der Waals surface area contributed by atoms with E-state index in [1.807, 2.05) is 0 Å². The first-order chi connectivity index (χ1) is 11.7. The van der Waals surface area contributed by atoms with E-state index >= 15 is 0 Å². The number of tetrazole rings is 1. The molecule has 1 unspecified atom stereocenters. The summed E-state index contributed by atoms with van der Waals surface area (Å²) >= 11 is 0. The first kappa shape index (κ1) is 14.7. The second-order valence-corrected chi connectivity index (χ2v) is 5.80. The molecule has 2 heterocycles. The van der Waals surface area contributed by atoms with E-state index < -0.39 is 0 Å². The molecule has 3 aromatic rings. The van der Waals surface area contributed by atoms with Crippen molar-refractivity contribution in [2.24, 2.45) is 4.99 Å². The topological polar surface area (TPSA) is 56.0 Å². The van der Waals surface area contributed by atoms with Gasteiger partial charge in [0.15, 0.2) is 0 Å². The Morgan fingerprint density at radius 3 is 2.54 bits per heavy atom. The van der Waals surface area contributed by atoms with Crippen LogP contribution in [0.2, 0.25) is 0 Å². The normalized spacial score (nSPS) is 16.6. The highest BCUT2D eigenvalue weighted by molar-refractivity contribution is 6.02. The molecule has 0 N–H and O–H groups in total. The van der Waals surface area contributed by atoms with Gasteiger partial charge in [-0.1, -0.05) is 48.4 Å². The predicted octanol–water partition coefficient (Wildman–Crippen LogP) is 3.49. The zero-order chi connectivity index (χ0) is 16.5. The average Bonchev–Trinajstić information content (AvgIpc) is 3.10. The third kappa shape index (κ3) is 2.60. The monoisotopic (exact) mass is 321 g/mol. The van der Waals surface area contributed by atoms with Gasteiger partial charge in [-0.15, -0.1) is 0 Å². The minimum absolute atomic E-state index is 0.0153. The lowest BCUT2D eigenvalue weighted by molar-refractivity contribution is 0.514. The highest BCUT2D eigenvalue weighted by Gasteiger charge is 2.26. The quantitative estimate of drug-likeness (QED) is 0.742. The van der Waals surface area contributed by atoms with Gasteiger partial charge in [-0.25, -0.2) is 14.1 Å². The molecular formula is C18H16FN5. The van der Waals surface area contributed by atoms with Crippen LogP contribution in [-0.4, -0.2) is 25.9 Å². The lowest BCUT2D eigenvalue weighted by atomic mass is 9.95. The first-order valence-corrected chi connectivity index (χ1v) is 7.95. The minimum atomic E-state index is -0.258. The molecule has 1 aromatic heterocycles. The van der Waals surface area contributed by atoms with Gasteiger partial charge in [-0.2, -0.15) is 0 Å². The van der Waals surface area contributed by atoms with E-state index in [9.17, 15) is 4.39 Å². The van der Waals surface area contributed by atoms with Crippen LogP contribution in [-0.2, 0) is 6.42 Å². The van der Waals surface area contributed by atoms with E-state index in [4.69, 9.17) is 0 Å². The maximum absolute atomic E-state index is 13.2. The summed E-state index contributed by atoms with van der Waals surface area (Å²) in [6.07, 6.45) is 1.67. The molecule has 120 valence electrons. The molecule has 4 rings (SSSR count). The summed E-state index contributed by atoms with van der Waals surface area (Å²) in [5.74, 6) is 0.219. The van der Waals surface area contributed by atoms with Crippen LogP contribution in [0.5, 0.6) is 0 Å². The Kier molecular flexibility index (Phi) is 3.65. The van der Waals surface area contributed by atoms with Gasteiger partial charge in [-0.3, -0.25) is 0 Å². The molecule has 0 spiro atoms. The largest absolute Gasteiger partial charge is 0.269 e. The average molecular weight is 321 g/mol. The van der Waals surface area contributed by atoms with E-state index in [0.29, 0.717) is 12.4 Å². The molecule has 0 aliphatic carbocycles. The van der Waals surface area contributed by atoms with E-state index in [2.05, 4.69) is 51.7 Å². The number of halogens is 1. The molecule has 0 amide bonds. The van der Waals surface area contributed by atoms with Crippen molar-refractivity contribution in [1.29, 1.82) is 0 Å². The van der Waals surface area contributed by atoms with Crippen molar-refractivity contribution in [3.63, 3.8) is 0 Å². The summed E-state index contributed by atoms with van der Waals surface area (Å²) in [5, 5.41) is 11.8. The fraction of sp³-hybridized carbons (Fsp3) is 0.222. The number of benzene rings is 2. The number of aliphatic imine (C=N–C) groups is 1. The molecule has 1 aliphatic heterocycles. The van der Waals surface area contributed by atoms with Gasteiger partial charge in [0.2, 0.25) is 0 Å². The van der Waals surface area contributed by atoms with Crippen molar-refractivity contribution in [2.45, 2.75) is 25.8 Å². The zero-order valence-corrected chi connectivity index (χ0v) is 13.2. The van der Waals surface area contributed by atoms with Gasteiger partial charge in [0, 0.05) is 6.42 Å². The molecule has 2 aromatic carbocycles. The number of hydrogen-bond acceptors (Lipinski definition) is 4. The fourth-order valence-corrected chi connectivity index (χ4v) is 2.96. The van der Waals surface area contributed by atoms with Crippen molar-refractivity contribution in [2.75, 3.05) is 0 Å². The molecule has 1 atom stereocenters. The Morgan fingerprint density at radius 1 is 1.08 bits per heavy atom. The summed E-state index contributed by atoms with van der Waals surface area (Å²) in [7, 11) is 0. The molecule has 0 saturated carbocycles. The molecule has 0 fully saturated rings. The summed E-state index contributed by atoms with van der Waals surface area (Å²) in [5.41, 5.74) is 4.18. The van der Waals surface area contributed by atoms with Gasteiger partial charge in [0.05, 0.1) is 11.8 Å². The van der Waals surface area contributed by atoms with E-state index in [0.717, 1.165) is 23.3 Å². The fourth-order valence-electron chi connectivity index (χ4n) is 2.96. The zero-order valence-electron chi connectivity index (χ0n) is 13.2. The third-order valence-electron chi connectivity index (χ3n) is 4.34. The van der Waals surface area contributed by atoms with E-state index in [-0.39, 0.29) is 11.9 Å². The lowest BCUT2D eigenvalue weighted by Gasteiger charge is -2.23. The Labute approximate surface area is 138 Å². The number of aromatic nitrogens is 4. The molecular weight excluding hydrogens is 305 g/mol. The Morgan fingerprint density at radius 2 is 1.83 bits per heavy atom. The maximum atomic E-state index is 13.2. The molecule has 6 heteroatoms. The molecule has 0 radical (unpaired) electrons. The summed E-state index contributed by atoms with van der Waals surface area (Å²) < 4.78 is 14.9. The number of hydrogen-bond donors (Lipinski definition) is 0. The lowest BCUT2D eigenvalue weighted by Crippen LogP contribution is -2.21. The van der Waals surface area contributed by atoms with Crippen LogP contribution < -0.4 is 0 Å². The summed E-state index contributed by atoms with van der Waals surface area (Å²) in [4.78, 5) is 4.54. The van der Waals surface area contributed by atoms with Crippen molar-refractivity contribution in [3.8, 4) is 0 Å². The first-order valence-electron chi connectivity index (χ1n) is 7.95. The van der Waals surface area contributed by atoms with Crippen molar-refractivity contribution in [1.82, 2.24) is 20.2 Å². The van der Waals surface area contributed by atoms with Crippen LogP contribution in [0.3, 0.4) is 0 Å². The molecule has 1 aliphatic rings. The van der Waals surface area contributed by atoms with Gasteiger partial charge < -0.3 is 0 Å². The number of aryl methyl sites for hydroxylation is 1. The van der Waals surface area contributed by atoms with Crippen molar-refractivity contribution in [3.05, 3.63) is 71.0 Å². The van der Waals surface area contributed by atoms with Crippen LogP contribution in [0.4, 0.5) is 10.3 Å². The van der Waals surface area contributed by atoms with Gasteiger partial charge in [0.1, 0.15) is 5.82 Å². The Hall–Kier alpha value is -2.89. The number of nitrogens with zero attached hydrogens (tertiary/aromatic N) is 5. The summed E-state index contributed by atoms with van der Waals surface area (Å²) in [6.45, 7) is 2.13. The second-order valence-electron chi connectivity index (χ2n) is 5.80. The van der Waals surface area contributed by atoms with Crippen LogP contribution in [0.1, 0.15) is 36.1 Å². The van der Waals surface area contributed by atoms with Gasteiger partial charge in [0.25, 0.3) is 5.95 Å². The molecule has 5 nitrogen and oxygen atoms in total. The second kappa shape index (κ2) is 5.96. The van der Waals surface area contributed by atoms with Crippen LogP contribution in [0, 0.1) is 5.82 Å². The van der Waals surface area contributed by atoms with E-state index in [1.54, 1.807) is 16.8 Å². The minimum Gasteiger partial charge on any atom is -0.214 e. The van der Waals surface area contributed by atoms with Crippen LogP contribution >= 0.6 is 0 Å². The SMILES string of the molecule is CCc1ccc(C2CC(c3ccc(F)cc3)=Nc3nnnn32)cc1. The van der Waals surface area contributed by atoms with Crippen LogP contribution in [0.25, 0.3) is 0 Å². The smallest absolute Gasteiger partial charge is 0.214 e. The van der Waals surface area contributed by atoms with Gasteiger partial charge >= 0.3 is 0 Å². The highest BCUT2D eigenvalue weighted by atomic mass is 19.1. The predicted molar refractivity (Wildman–Crippen MR) is 89.0 cm³/mol. The van der Waals surface area contributed by atoms with Crippen molar-refractivity contribution < 1.29 is 4.39 Å². The number of fused-ring (bicyclic) bond motifs is 1. The Bertz CT molecular complexity index is 881. The maximum Gasteiger partial charge on any atom is 0.269 e. The van der Waals surface area contributed by atoms with E-state index in [1.165, 1.54) is 17.7 Å². The molecule has 0 saturated heterocycles. The summed E-state index contributed by atoms with van der Waals surface area (Å²) in [6, 6.07) is 14.8. The van der Waals surface area contributed by atoms with Crippen molar-refractivity contribution >= 4 is 11.7 Å². The standard InChI is InChI=1S/C18H16FN5/c1-2-12-3-5-14(6-4-12)17-11-16(13-7-9-15(19)10-8-13)20-18-21-22-23-24(17)18/h3-10,17H,2,11H2,1H3. The highest BCUT2D eigenvalue weighted by Crippen LogP contribution is 2.31. The van der Waals surface area contributed by atoms with Crippen LogP contribution in [0.15, 0.2) is 53.5 Å².